The molecule has 1 heterocycles. The lowest BCUT2D eigenvalue weighted by molar-refractivity contribution is -0.211. The normalized spacial score (nSPS) is 24.0. The largest absolute Gasteiger partial charge is 0.491 e. The van der Waals surface area contributed by atoms with Crippen molar-refractivity contribution in [2.45, 2.75) is 80.8 Å². The number of rotatable bonds is 10. The molecule has 49 heavy (non-hydrogen) atoms. The zero-order valence-corrected chi connectivity index (χ0v) is 27.0. The summed E-state index contributed by atoms with van der Waals surface area (Å²) in [4.78, 5) is 27.1. The van der Waals surface area contributed by atoms with Crippen LogP contribution in [0.15, 0.2) is 53.4 Å². The zero-order chi connectivity index (χ0) is 36.6. The fourth-order valence-electron chi connectivity index (χ4n) is 6.18. The minimum Gasteiger partial charge on any atom is -0.423 e. The Morgan fingerprint density at radius 2 is 1.55 bits per heavy atom. The van der Waals surface area contributed by atoms with E-state index in [0.717, 1.165) is 4.90 Å². The van der Waals surface area contributed by atoms with Crippen LogP contribution in [0.2, 0.25) is 0 Å². The monoisotopic (exact) mass is 731 g/mol. The van der Waals surface area contributed by atoms with Crippen molar-refractivity contribution in [1.29, 1.82) is 0 Å². The molecule has 0 aromatic heterocycles. The van der Waals surface area contributed by atoms with Gasteiger partial charge in [-0.2, -0.15) is 39.5 Å². The van der Waals surface area contributed by atoms with Crippen LogP contribution < -0.4 is 10.6 Å². The molecule has 0 spiro atoms. The van der Waals surface area contributed by atoms with Crippen LogP contribution in [0, 0.1) is 11.8 Å². The van der Waals surface area contributed by atoms with Gasteiger partial charge in [-0.15, -0.1) is 0 Å². The van der Waals surface area contributed by atoms with Gasteiger partial charge >= 0.3 is 24.5 Å². The minimum absolute atomic E-state index is 0.0149. The van der Waals surface area contributed by atoms with Crippen molar-refractivity contribution in [3.63, 3.8) is 0 Å². The summed E-state index contributed by atoms with van der Waals surface area (Å²) in [7, 11) is -3.98. The number of carbonyl (C=O) groups excluding carboxylic acids is 2. The van der Waals surface area contributed by atoms with Gasteiger partial charge in [-0.3, -0.25) is 4.79 Å². The highest BCUT2D eigenvalue weighted by atomic mass is 32.2. The number of hydrogen-bond donors (Lipinski definition) is 2. The third kappa shape index (κ3) is 9.18. The van der Waals surface area contributed by atoms with Crippen molar-refractivity contribution in [3.05, 3.63) is 59.7 Å². The molecular weight excluding hydrogens is 697 g/mol. The molecule has 4 atom stereocenters. The number of hydrogen-bond acceptors (Lipinski definition) is 7. The van der Waals surface area contributed by atoms with E-state index in [9.17, 15) is 57.5 Å². The Labute approximate surface area is 276 Å². The number of alkyl halides is 9. The maximum Gasteiger partial charge on any atom is 0.491 e. The molecule has 1 aliphatic carbocycles. The second-order valence-electron chi connectivity index (χ2n) is 12.6. The Morgan fingerprint density at radius 1 is 0.959 bits per heavy atom. The van der Waals surface area contributed by atoms with Crippen LogP contribution in [0.3, 0.4) is 0 Å². The topological polar surface area (TPSA) is 105 Å². The van der Waals surface area contributed by atoms with E-state index in [1.165, 1.54) is 24.3 Å². The maximum absolute atomic E-state index is 14.0. The summed E-state index contributed by atoms with van der Waals surface area (Å²) in [5, 5.41) is 5.30. The molecule has 1 saturated heterocycles. The van der Waals surface area contributed by atoms with Gasteiger partial charge in [0.2, 0.25) is 0 Å². The van der Waals surface area contributed by atoms with E-state index in [1.807, 2.05) is 19.2 Å². The number of sulfone groups is 1. The van der Waals surface area contributed by atoms with E-state index in [0.29, 0.717) is 13.0 Å². The average Bonchev–Trinajstić information content (AvgIpc) is 3.29. The summed E-state index contributed by atoms with van der Waals surface area (Å²) >= 11 is 0. The minimum atomic E-state index is -5.69. The van der Waals surface area contributed by atoms with Gasteiger partial charge in [-0.1, -0.05) is 32.0 Å². The third-order valence-electron chi connectivity index (χ3n) is 8.44. The van der Waals surface area contributed by atoms with Crippen molar-refractivity contribution in [1.82, 2.24) is 10.2 Å². The van der Waals surface area contributed by atoms with Crippen molar-refractivity contribution >= 4 is 27.4 Å². The lowest BCUT2D eigenvalue weighted by Crippen LogP contribution is -2.56. The van der Waals surface area contributed by atoms with Crippen molar-refractivity contribution in [3.8, 4) is 0 Å². The smallest absolute Gasteiger partial charge is 0.423 e. The van der Waals surface area contributed by atoms with Crippen molar-refractivity contribution < 1.29 is 62.3 Å². The maximum atomic E-state index is 14.0. The quantitative estimate of drug-likeness (QED) is 0.165. The average molecular weight is 732 g/mol. The first kappa shape index (κ1) is 38.3. The molecular formula is C31H34F9N3O5S. The second kappa shape index (κ2) is 14.0. The second-order valence-corrected chi connectivity index (χ2v) is 14.7. The van der Waals surface area contributed by atoms with E-state index in [1.54, 1.807) is 6.07 Å². The predicted octanol–water partition coefficient (Wildman–Crippen LogP) is 6.43. The van der Waals surface area contributed by atoms with E-state index in [2.05, 4.69) is 10.1 Å². The standard InChI is InChI=1S/C31H34F9N3O5S/c1-18(2)16-41-22-8-9-25(19(12-22)17-49(46,47)24-6-4-3-5-7-24)43-11-10-28(26(43)44,48-27(45)31(38,39)40)42-23-14-20(29(32,33)34)13-21(15-23)30(35,36)37/h3-7,13-15,18-19,22,25,41-42H,8-12,16-17H2,1-2H3/t19-,22+,25-,28?/m0/s1. The van der Waals surface area contributed by atoms with Crippen LogP contribution in [-0.2, 0) is 36.5 Å². The Kier molecular flexibility index (Phi) is 10.9. The van der Waals surface area contributed by atoms with Gasteiger partial charge in [0.05, 0.1) is 21.8 Å². The molecule has 2 aromatic rings. The number of anilines is 1. The van der Waals surface area contributed by atoms with Gasteiger partial charge in [0.1, 0.15) is 0 Å². The van der Waals surface area contributed by atoms with E-state index >= 15 is 0 Å². The zero-order valence-electron chi connectivity index (χ0n) is 26.2. The number of halogens is 9. The molecule has 2 N–H and O–H groups in total. The predicted molar refractivity (Wildman–Crippen MR) is 158 cm³/mol. The Morgan fingerprint density at radius 3 is 2.08 bits per heavy atom. The fraction of sp³-hybridized carbons (Fsp3) is 0.548. The lowest BCUT2D eigenvalue weighted by Gasteiger charge is -2.42. The van der Waals surface area contributed by atoms with Crippen molar-refractivity contribution in [2.75, 3.05) is 24.2 Å². The fourth-order valence-corrected chi connectivity index (χ4v) is 7.86. The Hall–Kier alpha value is -3.54. The molecule has 1 unspecified atom stereocenters. The first-order valence-corrected chi connectivity index (χ1v) is 16.9. The molecule has 8 nitrogen and oxygen atoms in total. The molecule has 2 aromatic carbocycles. The summed E-state index contributed by atoms with van der Waals surface area (Å²) in [6, 6.07) is 6.29. The number of carbonyl (C=O) groups is 2. The van der Waals surface area contributed by atoms with Crippen molar-refractivity contribution in [2.24, 2.45) is 11.8 Å². The molecule has 4 rings (SSSR count). The highest BCUT2D eigenvalue weighted by Crippen LogP contribution is 2.42. The summed E-state index contributed by atoms with van der Waals surface area (Å²) in [5.74, 6) is -5.36. The molecule has 1 saturated carbocycles. The molecule has 1 amide bonds. The molecule has 1 aliphatic heterocycles. The highest BCUT2D eigenvalue weighted by Gasteiger charge is 2.57. The molecule has 0 bridgehead atoms. The SMILES string of the molecule is CC(C)CN[C@@H]1CC[C@H](N2CCC(Nc3cc(C(F)(F)F)cc(C(F)(F)F)c3)(OC(=O)C(F)(F)F)C2=O)[C@H](CS(=O)(=O)c2ccccc2)C1. The number of amides is 1. The number of ether oxygens (including phenoxy) is 1. The van der Waals surface area contributed by atoms with E-state index in [-0.39, 0.29) is 47.9 Å². The number of nitrogens with zero attached hydrogens (tertiary/aromatic N) is 1. The van der Waals surface area contributed by atoms with Crippen LogP contribution in [0.4, 0.5) is 45.2 Å². The summed E-state index contributed by atoms with van der Waals surface area (Å²) < 4.78 is 153. The van der Waals surface area contributed by atoms with Crippen LogP contribution in [0.25, 0.3) is 0 Å². The molecule has 272 valence electrons. The first-order valence-electron chi connectivity index (χ1n) is 15.2. The third-order valence-corrected chi connectivity index (χ3v) is 10.3. The molecule has 2 fully saturated rings. The molecule has 2 aliphatic rings. The van der Waals surface area contributed by atoms with Gasteiger partial charge < -0.3 is 20.3 Å². The molecule has 18 heteroatoms. The molecule has 0 radical (unpaired) electrons. The Balaban J connectivity index is 1.73. The Bertz CT molecular complexity index is 1580. The highest BCUT2D eigenvalue weighted by molar-refractivity contribution is 7.91. The van der Waals surface area contributed by atoms with Gasteiger partial charge in [0.25, 0.3) is 11.6 Å². The van der Waals surface area contributed by atoms with Crippen LogP contribution in [0.5, 0.6) is 0 Å². The number of esters is 1. The van der Waals surface area contributed by atoms with Gasteiger partial charge in [-0.05, 0) is 68.0 Å². The van der Waals surface area contributed by atoms with E-state index in [4.69, 9.17) is 0 Å². The number of likely N-dealkylation sites (tertiary alicyclic amines) is 1. The summed E-state index contributed by atoms with van der Waals surface area (Å²) in [6.07, 6.45) is -16.4. The number of benzene rings is 2. The van der Waals surface area contributed by atoms with Crippen LogP contribution in [-0.4, -0.2) is 68.0 Å². The van der Waals surface area contributed by atoms with Gasteiger partial charge in [0, 0.05) is 30.7 Å². The van der Waals surface area contributed by atoms with Gasteiger partial charge in [0.15, 0.2) is 9.84 Å². The van der Waals surface area contributed by atoms with Crippen LogP contribution in [0.1, 0.15) is 50.7 Å². The first-order chi connectivity index (χ1) is 22.5. The summed E-state index contributed by atoms with van der Waals surface area (Å²) in [6.45, 7) is 4.03. The van der Waals surface area contributed by atoms with Gasteiger partial charge in [-0.25, -0.2) is 13.2 Å². The number of nitrogens with one attached hydrogen (secondary N) is 2. The lowest BCUT2D eigenvalue weighted by atomic mass is 9.81. The summed E-state index contributed by atoms with van der Waals surface area (Å²) in [5.41, 5.74) is -7.82. The van der Waals surface area contributed by atoms with E-state index < -0.39 is 93.5 Å². The van der Waals surface area contributed by atoms with Crippen LogP contribution >= 0.6 is 0 Å².